The summed E-state index contributed by atoms with van der Waals surface area (Å²) >= 11 is 0. The number of carbonyl (C=O) groups is 2. The van der Waals surface area contributed by atoms with Gasteiger partial charge in [-0.2, -0.15) is 0 Å². The first-order chi connectivity index (χ1) is 13.5. The predicted octanol–water partition coefficient (Wildman–Crippen LogP) is 3.58. The summed E-state index contributed by atoms with van der Waals surface area (Å²) in [6, 6.07) is 9.97. The number of hydrogen-bond donors (Lipinski definition) is 0. The van der Waals surface area contributed by atoms with Crippen molar-refractivity contribution in [2.24, 2.45) is 0 Å². The lowest BCUT2D eigenvalue weighted by atomic mass is 10.0. The van der Waals surface area contributed by atoms with Crippen LogP contribution in [0.1, 0.15) is 45.6 Å². The van der Waals surface area contributed by atoms with E-state index >= 15 is 0 Å². The molecule has 6 nitrogen and oxygen atoms in total. The van der Waals surface area contributed by atoms with Crippen LogP contribution in [-0.2, 0) is 35.1 Å². The first-order valence-electron chi connectivity index (χ1n) is 9.85. The van der Waals surface area contributed by atoms with Gasteiger partial charge >= 0.3 is 11.9 Å². The van der Waals surface area contributed by atoms with Crippen molar-refractivity contribution in [2.45, 2.75) is 71.1 Å². The van der Waals surface area contributed by atoms with E-state index < -0.39 is 5.97 Å². The zero-order valence-electron chi connectivity index (χ0n) is 16.8. The fourth-order valence-electron chi connectivity index (χ4n) is 3.29. The van der Waals surface area contributed by atoms with Crippen LogP contribution in [0.5, 0.6) is 0 Å². The highest BCUT2D eigenvalue weighted by atomic mass is 16.6. The molecule has 1 saturated heterocycles. The summed E-state index contributed by atoms with van der Waals surface area (Å²) in [6.45, 7) is 6.03. The number of carbonyl (C=O) groups excluding carboxylic acids is 2. The predicted molar refractivity (Wildman–Crippen MR) is 105 cm³/mol. The van der Waals surface area contributed by atoms with Crippen molar-refractivity contribution in [1.29, 1.82) is 0 Å². The maximum Gasteiger partial charge on any atom is 0.330 e. The molecule has 2 rings (SSSR count). The summed E-state index contributed by atoms with van der Waals surface area (Å²) in [5.74, 6) is -0.731. The third-order valence-corrected chi connectivity index (χ3v) is 4.58. The normalized spacial score (nSPS) is 22.9. The van der Waals surface area contributed by atoms with Gasteiger partial charge in [-0.3, -0.25) is 4.79 Å². The molecule has 1 aliphatic rings. The zero-order valence-corrected chi connectivity index (χ0v) is 16.8. The maximum atomic E-state index is 11.5. The standard InChI is InChI=1S/C22H30O6/c1-4-18(26-15-17-10-7-6-8-11-17)20-14-21(27-16(3)23)19(28-20)12-9-13-22(24)25-5-2/h6-11,13,18-21H,4-5,12,14-15H2,1-3H3/b13-9+/t18-,19+,20-,21-/m1/s1. The molecule has 0 aliphatic carbocycles. The van der Waals surface area contributed by atoms with Crippen molar-refractivity contribution in [3.05, 3.63) is 48.0 Å². The van der Waals surface area contributed by atoms with Gasteiger partial charge in [0.1, 0.15) is 6.10 Å². The van der Waals surface area contributed by atoms with Gasteiger partial charge in [0, 0.05) is 19.4 Å². The van der Waals surface area contributed by atoms with Crippen molar-refractivity contribution in [3.63, 3.8) is 0 Å². The molecule has 28 heavy (non-hydrogen) atoms. The van der Waals surface area contributed by atoms with Gasteiger partial charge in [-0.1, -0.05) is 43.3 Å². The Labute approximate surface area is 166 Å². The number of esters is 2. The highest BCUT2D eigenvalue weighted by molar-refractivity contribution is 5.81. The van der Waals surface area contributed by atoms with Gasteiger partial charge in [0.25, 0.3) is 0 Å². The molecule has 0 aromatic heterocycles. The summed E-state index contributed by atoms with van der Waals surface area (Å²) in [4.78, 5) is 22.9. The number of rotatable bonds is 10. The molecule has 154 valence electrons. The molecule has 1 fully saturated rings. The van der Waals surface area contributed by atoms with Gasteiger partial charge < -0.3 is 18.9 Å². The Kier molecular flexibility index (Phi) is 9.17. The molecule has 0 N–H and O–H groups in total. The van der Waals surface area contributed by atoms with E-state index in [1.165, 1.54) is 13.0 Å². The largest absolute Gasteiger partial charge is 0.463 e. The Hall–Kier alpha value is -2.18. The topological polar surface area (TPSA) is 71.1 Å². The molecule has 0 spiro atoms. The second-order valence-electron chi connectivity index (χ2n) is 6.73. The minimum Gasteiger partial charge on any atom is -0.463 e. The quantitative estimate of drug-likeness (QED) is 0.449. The maximum absolute atomic E-state index is 11.5. The number of benzene rings is 1. The number of hydrogen-bond acceptors (Lipinski definition) is 6. The molecule has 1 aliphatic heterocycles. The highest BCUT2D eigenvalue weighted by Crippen LogP contribution is 2.30. The molecule has 1 aromatic rings. The van der Waals surface area contributed by atoms with Crippen LogP contribution in [0, 0.1) is 0 Å². The van der Waals surface area contributed by atoms with Crippen LogP contribution in [0.2, 0.25) is 0 Å². The lowest BCUT2D eigenvalue weighted by Crippen LogP contribution is -2.28. The molecular weight excluding hydrogens is 360 g/mol. The molecule has 0 bridgehead atoms. The second kappa shape index (κ2) is 11.6. The molecular formula is C22H30O6. The van der Waals surface area contributed by atoms with Crippen LogP contribution in [0.25, 0.3) is 0 Å². The lowest BCUT2D eigenvalue weighted by molar-refractivity contribution is -0.149. The second-order valence-corrected chi connectivity index (χ2v) is 6.73. The van der Waals surface area contributed by atoms with Gasteiger partial charge in [-0.05, 0) is 25.3 Å². The molecule has 1 aromatic carbocycles. The van der Waals surface area contributed by atoms with Crippen molar-refractivity contribution < 1.29 is 28.5 Å². The molecule has 1 heterocycles. The van der Waals surface area contributed by atoms with Crippen LogP contribution in [0.15, 0.2) is 42.5 Å². The smallest absolute Gasteiger partial charge is 0.330 e. The van der Waals surface area contributed by atoms with Crippen molar-refractivity contribution in [1.82, 2.24) is 0 Å². The van der Waals surface area contributed by atoms with E-state index in [1.807, 2.05) is 37.3 Å². The number of ether oxygens (including phenoxy) is 4. The summed E-state index contributed by atoms with van der Waals surface area (Å²) in [5, 5.41) is 0. The summed E-state index contributed by atoms with van der Waals surface area (Å²) in [6.07, 6.45) is 3.97. The third kappa shape index (κ3) is 7.09. The van der Waals surface area contributed by atoms with E-state index in [2.05, 4.69) is 0 Å². The van der Waals surface area contributed by atoms with Gasteiger partial charge in [-0.15, -0.1) is 0 Å². The fourth-order valence-corrected chi connectivity index (χ4v) is 3.29. The van der Waals surface area contributed by atoms with E-state index in [1.54, 1.807) is 13.0 Å². The molecule has 0 amide bonds. The van der Waals surface area contributed by atoms with Crippen molar-refractivity contribution in [3.8, 4) is 0 Å². The van der Waals surface area contributed by atoms with Crippen LogP contribution in [-0.4, -0.2) is 43.0 Å². The molecule has 0 radical (unpaired) electrons. The Morgan fingerprint density at radius 2 is 2.00 bits per heavy atom. The van der Waals surface area contributed by atoms with Crippen LogP contribution in [0.4, 0.5) is 0 Å². The molecule has 0 saturated carbocycles. The summed E-state index contributed by atoms with van der Waals surface area (Å²) in [7, 11) is 0. The molecule has 4 atom stereocenters. The average molecular weight is 390 g/mol. The minimum absolute atomic E-state index is 0.0997. The van der Waals surface area contributed by atoms with E-state index in [4.69, 9.17) is 18.9 Å². The Bertz CT molecular complexity index is 642. The van der Waals surface area contributed by atoms with Crippen LogP contribution < -0.4 is 0 Å². The lowest BCUT2D eigenvalue weighted by Gasteiger charge is -2.22. The fraction of sp³-hybridized carbons (Fsp3) is 0.545. The van der Waals surface area contributed by atoms with Gasteiger partial charge in [-0.25, -0.2) is 4.79 Å². The Morgan fingerprint density at radius 3 is 2.64 bits per heavy atom. The van der Waals surface area contributed by atoms with E-state index in [0.717, 1.165) is 12.0 Å². The van der Waals surface area contributed by atoms with Gasteiger partial charge in [0.05, 0.1) is 31.5 Å². The van der Waals surface area contributed by atoms with Crippen LogP contribution in [0.3, 0.4) is 0 Å². The van der Waals surface area contributed by atoms with Crippen molar-refractivity contribution in [2.75, 3.05) is 6.61 Å². The van der Waals surface area contributed by atoms with Crippen molar-refractivity contribution >= 4 is 11.9 Å². The molecule has 0 unspecified atom stereocenters. The summed E-state index contributed by atoms with van der Waals surface area (Å²) < 4.78 is 22.6. The first kappa shape index (κ1) is 22.1. The molecule has 6 heteroatoms. The third-order valence-electron chi connectivity index (χ3n) is 4.58. The summed E-state index contributed by atoms with van der Waals surface area (Å²) in [5.41, 5.74) is 1.10. The van der Waals surface area contributed by atoms with E-state index in [0.29, 0.717) is 26.1 Å². The first-order valence-corrected chi connectivity index (χ1v) is 9.85. The average Bonchev–Trinajstić information content (AvgIpc) is 3.05. The Morgan fingerprint density at radius 1 is 1.25 bits per heavy atom. The van der Waals surface area contributed by atoms with Crippen LogP contribution >= 0.6 is 0 Å². The van der Waals surface area contributed by atoms with E-state index in [9.17, 15) is 9.59 Å². The zero-order chi connectivity index (χ0) is 20.4. The monoisotopic (exact) mass is 390 g/mol. The minimum atomic E-state index is -0.390. The van der Waals surface area contributed by atoms with E-state index in [-0.39, 0.29) is 30.4 Å². The highest BCUT2D eigenvalue weighted by Gasteiger charge is 2.40. The SMILES string of the molecule is CCOC(=O)/C=C/C[C@@H]1O[C@@H]([C@@H](CC)OCc2ccccc2)C[C@H]1OC(C)=O. The van der Waals surface area contributed by atoms with Gasteiger partial charge in [0.15, 0.2) is 0 Å². The van der Waals surface area contributed by atoms with Gasteiger partial charge in [0.2, 0.25) is 0 Å². The Balaban J connectivity index is 1.95.